The Morgan fingerprint density at radius 2 is 2.00 bits per heavy atom. The first-order chi connectivity index (χ1) is 4.79. The van der Waals surface area contributed by atoms with E-state index in [9.17, 15) is 0 Å². The summed E-state index contributed by atoms with van der Waals surface area (Å²) < 4.78 is 5.17. The van der Waals surface area contributed by atoms with Crippen molar-refractivity contribution in [2.24, 2.45) is 0 Å². The molecule has 10 heavy (non-hydrogen) atoms. The molecule has 0 atom stereocenters. The maximum atomic E-state index is 5.17. The lowest BCUT2D eigenvalue weighted by Gasteiger charge is -2.04. The quantitative estimate of drug-likeness (QED) is 0.611. The first-order valence-corrected chi connectivity index (χ1v) is 3.14. The highest BCUT2D eigenvalue weighted by Crippen LogP contribution is 1.99. The van der Waals surface area contributed by atoms with E-state index in [1.54, 1.807) is 0 Å². The third-order valence-electron chi connectivity index (χ3n) is 0.840. The fourth-order valence-corrected chi connectivity index (χ4v) is 0.523. The van der Waals surface area contributed by atoms with Crippen LogP contribution < -0.4 is 4.74 Å². The summed E-state index contributed by atoms with van der Waals surface area (Å²) in [5, 5.41) is 0. The molecule has 0 amide bonds. The third-order valence-corrected chi connectivity index (χ3v) is 0.840. The van der Waals surface area contributed by atoms with Crippen LogP contribution in [0.4, 0.5) is 0 Å². The van der Waals surface area contributed by atoms with E-state index in [0.717, 1.165) is 0 Å². The minimum Gasteiger partial charge on any atom is -0.461 e. The van der Waals surface area contributed by atoms with Crippen molar-refractivity contribution in [2.75, 3.05) is 0 Å². The third kappa shape index (κ3) is 2.01. The monoisotopic (exact) mass is 137 g/mol. The number of rotatable bonds is 2. The van der Waals surface area contributed by atoms with Crippen LogP contribution in [0.3, 0.4) is 0 Å². The standard InChI is InChI=1S/C7H9N2O/c1-6(2)10-7-8-4-3-5-9-7/h4-6H,1-2H3. The molecule has 53 valence electrons. The Morgan fingerprint density at radius 3 is 2.50 bits per heavy atom. The molecule has 0 bridgehead atoms. The second kappa shape index (κ2) is 3.15. The molecule has 0 unspecified atom stereocenters. The summed E-state index contributed by atoms with van der Waals surface area (Å²) >= 11 is 0. The largest absolute Gasteiger partial charge is 0.461 e. The molecule has 0 N–H and O–H groups in total. The van der Waals surface area contributed by atoms with Crippen LogP contribution in [0.5, 0.6) is 6.01 Å². The fraction of sp³-hybridized carbons (Fsp3) is 0.429. The molecule has 0 aromatic carbocycles. The molecule has 0 aliphatic heterocycles. The van der Waals surface area contributed by atoms with E-state index in [4.69, 9.17) is 4.74 Å². The Bertz CT molecular complexity index is 186. The Labute approximate surface area is 60.1 Å². The lowest BCUT2D eigenvalue weighted by atomic mass is 10.5. The molecule has 0 aliphatic carbocycles. The highest BCUT2D eigenvalue weighted by molar-refractivity contribution is 4.92. The predicted molar refractivity (Wildman–Crippen MR) is 36.6 cm³/mol. The van der Waals surface area contributed by atoms with Gasteiger partial charge >= 0.3 is 6.01 Å². The molecular formula is C7H9N2O. The molecule has 1 aromatic rings. The van der Waals surface area contributed by atoms with Gasteiger partial charge in [0.25, 0.3) is 0 Å². The van der Waals surface area contributed by atoms with Gasteiger partial charge in [-0.15, -0.1) is 0 Å². The Balaban J connectivity index is 2.59. The second-order valence-corrected chi connectivity index (χ2v) is 2.13. The van der Waals surface area contributed by atoms with Crippen molar-refractivity contribution in [1.82, 2.24) is 9.97 Å². The summed E-state index contributed by atoms with van der Waals surface area (Å²) in [5.41, 5.74) is 0. The van der Waals surface area contributed by atoms with Gasteiger partial charge in [-0.3, -0.25) is 0 Å². The molecule has 1 radical (unpaired) electrons. The van der Waals surface area contributed by atoms with Crippen LogP contribution >= 0.6 is 0 Å². The van der Waals surface area contributed by atoms with Crippen LogP contribution in [-0.4, -0.2) is 16.1 Å². The van der Waals surface area contributed by atoms with Gasteiger partial charge < -0.3 is 4.74 Å². The van der Waals surface area contributed by atoms with Crippen LogP contribution in [0, 0.1) is 6.07 Å². The summed E-state index contributed by atoms with van der Waals surface area (Å²) in [6, 6.07) is 3.11. The van der Waals surface area contributed by atoms with Crippen LogP contribution in [0.15, 0.2) is 12.4 Å². The Kier molecular flexibility index (Phi) is 2.20. The van der Waals surface area contributed by atoms with Crippen molar-refractivity contribution in [3.8, 4) is 6.01 Å². The summed E-state index contributed by atoms with van der Waals surface area (Å²) in [5.74, 6) is 0. The van der Waals surface area contributed by atoms with Gasteiger partial charge in [-0.2, -0.15) is 0 Å². The number of aromatic nitrogens is 2. The second-order valence-electron chi connectivity index (χ2n) is 2.13. The molecule has 0 fully saturated rings. The molecular weight excluding hydrogens is 128 g/mol. The van der Waals surface area contributed by atoms with E-state index < -0.39 is 0 Å². The van der Waals surface area contributed by atoms with Crippen molar-refractivity contribution in [1.29, 1.82) is 0 Å². The van der Waals surface area contributed by atoms with Crippen LogP contribution in [-0.2, 0) is 0 Å². The predicted octanol–water partition coefficient (Wildman–Crippen LogP) is 1.06. The summed E-state index contributed by atoms with van der Waals surface area (Å²) in [4.78, 5) is 7.66. The minimum atomic E-state index is 0.127. The van der Waals surface area contributed by atoms with Crippen molar-refractivity contribution in [3.05, 3.63) is 18.5 Å². The van der Waals surface area contributed by atoms with Crippen molar-refractivity contribution in [3.63, 3.8) is 0 Å². The molecule has 0 saturated heterocycles. The van der Waals surface area contributed by atoms with E-state index >= 15 is 0 Å². The van der Waals surface area contributed by atoms with Crippen LogP contribution in [0.25, 0.3) is 0 Å². The van der Waals surface area contributed by atoms with Gasteiger partial charge in [0.15, 0.2) is 0 Å². The van der Waals surface area contributed by atoms with E-state index in [1.165, 1.54) is 12.4 Å². The van der Waals surface area contributed by atoms with Gasteiger partial charge in [0.05, 0.1) is 6.10 Å². The Hall–Kier alpha value is -1.12. The lowest BCUT2D eigenvalue weighted by molar-refractivity contribution is 0.222. The molecule has 0 spiro atoms. The summed E-state index contributed by atoms with van der Waals surface area (Å²) in [6.45, 7) is 3.86. The SMILES string of the molecule is CC(C)Oc1nc[c]cn1. The average Bonchev–Trinajstić information content (AvgIpc) is 1.88. The number of nitrogens with zero attached hydrogens (tertiary/aromatic N) is 2. The highest BCUT2D eigenvalue weighted by atomic mass is 16.5. The van der Waals surface area contributed by atoms with Gasteiger partial charge in [0.2, 0.25) is 0 Å². The molecule has 1 rings (SSSR count). The summed E-state index contributed by atoms with van der Waals surface area (Å²) in [7, 11) is 0. The van der Waals surface area contributed by atoms with Gasteiger partial charge in [-0.25, -0.2) is 9.97 Å². The van der Waals surface area contributed by atoms with Gasteiger partial charge in [0.1, 0.15) is 0 Å². The molecule has 0 saturated carbocycles. The van der Waals surface area contributed by atoms with Gasteiger partial charge in [0, 0.05) is 18.5 Å². The topological polar surface area (TPSA) is 35.0 Å². The van der Waals surface area contributed by atoms with Gasteiger partial charge in [-0.1, -0.05) is 0 Å². The average molecular weight is 137 g/mol. The minimum absolute atomic E-state index is 0.127. The maximum absolute atomic E-state index is 5.17. The van der Waals surface area contributed by atoms with E-state index in [2.05, 4.69) is 16.0 Å². The number of hydrogen-bond acceptors (Lipinski definition) is 3. The lowest BCUT2D eigenvalue weighted by Crippen LogP contribution is -2.07. The Morgan fingerprint density at radius 1 is 1.40 bits per heavy atom. The zero-order valence-corrected chi connectivity index (χ0v) is 6.03. The molecule has 3 heteroatoms. The van der Waals surface area contributed by atoms with E-state index in [1.807, 2.05) is 13.8 Å². The van der Waals surface area contributed by atoms with Crippen molar-refractivity contribution < 1.29 is 4.74 Å². The molecule has 1 aromatic heterocycles. The molecule has 0 aliphatic rings. The van der Waals surface area contributed by atoms with E-state index in [-0.39, 0.29) is 6.10 Å². The van der Waals surface area contributed by atoms with Crippen molar-refractivity contribution in [2.45, 2.75) is 20.0 Å². The highest BCUT2D eigenvalue weighted by Gasteiger charge is 1.96. The fourth-order valence-electron chi connectivity index (χ4n) is 0.523. The normalized spacial score (nSPS) is 9.90. The molecule has 1 heterocycles. The zero-order chi connectivity index (χ0) is 7.40. The zero-order valence-electron chi connectivity index (χ0n) is 6.03. The van der Waals surface area contributed by atoms with Crippen molar-refractivity contribution >= 4 is 0 Å². The molecule has 3 nitrogen and oxygen atoms in total. The number of hydrogen-bond donors (Lipinski definition) is 0. The van der Waals surface area contributed by atoms with E-state index in [0.29, 0.717) is 6.01 Å². The first-order valence-electron chi connectivity index (χ1n) is 3.14. The van der Waals surface area contributed by atoms with Gasteiger partial charge in [-0.05, 0) is 13.8 Å². The smallest absolute Gasteiger partial charge is 0.316 e. The number of ether oxygens (including phenoxy) is 1. The van der Waals surface area contributed by atoms with Crippen LogP contribution in [0.1, 0.15) is 13.8 Å². The maximum Gasteiger partial charge on any atom is 0.316 e. The summed E-state index contributed by atoms with van der Waals surface area (Å²) in [6.07, 6.45) is 3.19. The first kappa shape index (κ1) is 6.99. The van der Waals surface area contributed by atoms with Crippen LogP contribution in [0.2, 0.25) is 0 Å².